The van der Waals surface area contributed by atoms with E-state index in [-0.39, 0.29) is 25.3 Å². The van der Waals surface area contributed by atoms with Crippen molar-refractivity contribution in [1.82, 2.24) is 4.90 Å². The summed E-state index contributed by atoms with van der Waals surface area (Å²) in [5, 5.41) is 12.1. The summed E-state index contributed by atoms with van der Waals surface area (Å²) in [6.07, 6.45) is 0.394. The molecule has 0 heterocycles. The summed E-state index contributed by atoms with van der Waals surface area (Å²) in [6.45, 7) is 2.03. The Morgan fingerprint density at radius 1 is 1.48 bits per heavy atom. The second-order valence-electron chi connectivity index (χ2n) is 4.63. The molecule has 0 aliphatic carbocycles. The number of nitrogens with one attached hydrogen (secondary N) is 1. The number of carbonyl (C=O) groups is 2. The number of amides is 2. The molecular weight excluding hydrogens is 348 g/mol. The highest BCUT2D eigenvalue weighted by atomic mass is 35.5. The van der Waals surface area contributed by atoms with E-state index in [0.717, 1.165) is 11.1 Å². The van der Waals surface area contributed by atoms with E-state index in [0.29, 0.717) is 16.5 Å². The fourth-order valence-corrected chi connectivity index (χ4v) is 1.99. The van der Waals surface area contributed by atoms with Crippen molar-refractivity contribution in [2.45, 2.75) is 6.92 Å². The number of halogens is 1. The zero-order valence-corrected chi connectivity index (χ0v) is 14.7. The van der Waals surface area contributed by atoms with Crippen LogP contribution in [0, 0.1) is 11.3 Å². The number of nitrogens with zero attached hydrogens (tertiary/aromatic N) is 2. The number of nitriles is 1. The first-order chi connectivity index (χ1) is 12.0. The van der Waals surface area contributed by atoms with Gasteiger partial charge in [-0.05, 0) is 25.1 Å². The number of anilines is 1. The number of hydrogen-bond acceptors (Lipinski definition) is 6. The summed E-state index contributed by atoms with van der Waals surface area (Å²) in [5.74, 6) is -0.353. The highest BCUT2D eigenvalue weighted by Crippen LogP contribution is 2.28. The van der Waals surface area contributed by atoms with Crippen LogP contribution in [0.4, 0.5) is 10.5 Å². The summed E-state index contributed by atoms with van der Waals surface area (Å²) in [7, 11) is 1.43. The average Bonchev–Trinajstić information content (AvgIpc) is 2.58. The largest absolute Gasteiger partial charge is 0.495 e. The molecule has 0 atom stereocenters. The fourth-order valence-electron chi connectivity index (χ4n) is 1.82. The lowest BCUT2D eigenvalue weighted by molar-refractivity contribution is -0.112. The minimum Gasteiger partial charge on any atom is -0.495 e. The molecule has 0 saturated carbocycles. The molecule has 0 fully saturated rings. The van der Waals surface area contributed by atoms with Gasteiger partial charge >= 0.3 is 6.09 Å². The van der Waals surface area contributed by atoms with Crippen LogP contribution >= 0.6 is 11.6 Å². The molecule has 0 aromatic heterocycles. The van der Waals surface area contributed by atoms with Gasteiger partial charge in [0, 0.05) is 24.3 Å². The first-order valence-electron chi connectivity index (χ1n) is 7.37. The van der Waals surface area contributed by atoms with Gasteiger partial charge in [0.1, 0.15) is 17.4 Å². The molecule has 8 nitrogen and oxygen atoms in total. The van der Waals surface area contributed by atoms with Crippen LogP contribution in [0.2, 0.25) is 5.02 Å². The molecule has 1 rings (SSSR count). The number of rotatable bonds is 7. The van der Waals surface area contributed by atoms with Crippen molar-refractivity contribution in [3.05, 3.63) is 35.0 Å². The lowest BCUT2D eigenvalue weighted by Crippen LogP contribution is -2.32. The van der Waals surface area contributed by atoms with Gasteiger partial charge in [-0.15, -0.1) is 0 Å². The van der Waals surface area contributed by atoms with Gasteiger partial charge in [-0.3, -0.25) is 9.69 Å². The molecule has 0 radical (unpaired) electrons. The second kappa shape index (κ2) is 10.2. The SMILES string of the molecule is CCOC(=O)N(/C=C(/C#N)C(=O)Nc1cc(Cl)ccc1OC)CCN. The summed E-state index contributed by atoms with van der Waals surface area (Å²) in [5.41, 5.74) is 5.43. The van der Waals surface area contributed by atoms with Crippen LogP contribution in [0.5, 0.6) is 5.75 Å². The van der Waals surface area contributed by atoms with E-state index in [1.165, 1.54) is 13.2 Å². The molecule has 3 N–H and O–H groups in total. The van der Waals surface area contributed by atoms with Crippen LogP contribution in [0.1, 0.15) is 6.92 Å². The van der Waals surface area contributed by atoms with E-state index in [1.54, 1.807) is 25.1 Å². The first kappa shape index (κ1) is 20.3. The minimum atomic E-state index is -0.727. The standard InChI is InChI=1S/C16H19ClN4O4/c1-3-25-16(23)21(7-6-18)10-11(9-19)15(22)20-13-8-12(17)4-5-14(13)24-2/h4-5,8,10H,3,6-7,18H2,1-2H3,(H,20,22)/b11-10-. The number of nitrogens with two attached hydrogens (primary N) is 1. The van der Waals surface area contributed by atoms with Crippen LogP contribution < -0.4 is 15.8 Å². The summed E-state index contributed by atoms with van der Waals surface area (Å²) in [4.78, 5) is 25.2. The van der Waals surface area contributed by atoms with Gasteiger partial charge in [0.2, 0.25) is 0 Å². The summed E-state index contributed by atoms with van der Waals surface area (Å²) in [6, 6.07) is 6.40. The molecule has 25 heavy (non-hydrogen) atoms. The third-order valence-corrected chi connectivity index (χ3v) is 3.17. The van der Waals surface area contributed by atoms with Gasteiger partial charge in [-0.1, -0.05) is 11.6 Å². The zero-order valence-electron chi connectivity index (χ0n) is 13.9. The highest BCUT2D eigenvalue weighted by Gasteiger charge is 2.18. The third-order valence-electron chi connectivity index (χ3n) is 2.93. The van der Waals surface area contributed by atoms with Crippen molar-refractivity contribution in [3.63, 3.8) is 0 Å². The van der Waals surface area contributed by atoms with Crippen LogP contribution in [0.3, 0.4) is 0 Å². The maximum absolute atomic E-state index is 12.3. The Kier molecular flexibility index (Phi) is 8.26. The number of benzene rings is 1. The Morgan fingerprint density at radius 3 is 2.76 bits per heavy atom. The van der Waals surface area contributed by atoms with Crippen LogP contribution in [-0.2, 0) is 9.53 Å². The van der Waals surface area contributed by atoms with Gasteiger partial charge in [0.05, 0.1) is 19.4 Å². The smallest absolute Gasteiger partial charge is 0.413 e. The van der Waals surface area contributed by atoms with Crippen molar-refractivity contribution < 1.29 is 19.1 Å². The van der Waals surface area contributed by atoms with Gasteiger partial charge in [-0.25, -0.2) is 4.79 Å². The monoisotopic (exact) mass is 366 g/mol. The van der Waals surface area contributed by atoms with Gasteiger partial charge in [0.25, 0.3) is 5.91 Å². The van der Waals surface area contributed by atoms with Gasteiger partial charge < -0.3 is 20.5 Å². The maximum atomic E-state index is 12.3. The van der Waals surface area contributed by atoms with Crippen molar-refractivity contribution in [1.29, 1.82) is 5.26 Å². The van der Waals surface area contributed by atoms with Crippen molar-refractivity contribution in [3.8, 4) is 11.8 Å². The Labute approximate surface area is 150 Å². The Bertz CT molecular complexity index is 700. The number of hydrogen-bond donors (Lipinski definition) is 2. The quantitative estimate of drug-likeness (QED) is 0.563. The molecule has 134 valence electrons. The molecule has 1 aromatic carbocycles. The molecule has 0 aliphatic heterocycles. The molecular formula is C16H19ClN4O4. The zero-order chi connectivity index (χ0) is 18.8. The van der Waals surface area contributed by atoms with Crippen LogP contribution in [0.25, 0.3) is 0 Å². The number of ether oxygens (including phenoxy) is 2. The molecule has 0 saturated heterocycles. The molecule has 2 amide bonds. The average molecular weight is 367 g/mol. The molecule has 1 aromatic rings. The van der Waals surface area contributed by atoms with Crippen molar-refractivity contribution >= 4 is 29.3 Å². The van der Waals surface area contributed by atoms with Crippen LogP contribution in [0.15, 0.2) is 30.0 Å². The minimum absolute atomic E-state index is 0.0950. The van der Waals surface area contributed by atoms with E-state index < -0.39 is 12.0 Å². The number of carbonyl (C=O) groups excluding carboxylic acids is 2. The second-order valence-corrected chi connectivity index (χ2v) is 5.07. The fraction of sp³-hybridized carbons (Fsp3) is 0.312. The Hall–Kier alpha value is -2.76. The lowest BCUT2D eigenvalue weighted by atomic mass is 10.2. The molecule has 0 spiro atoms. The summed E-state index contributed by atoms with van der Waals surface area (Å²) >= 11 is 5.90. The molecule has 0 aliphatic rings. The number of methoxy groups -OCH3 is 1. The van der Waals surface area contributed by atoms with E-state index in [1.807, 2.05) is 0 Å². The van der Waals surface area contributed by atoms with Gasteiger partial charge in [-0.2, -0.15) is 5.26 Å². The summed E-state index contributed by atoms with van der Waals surface area (Å²) < 4.78 is 9.99. The van der Waals surface area contributed by atoms with Crippen molar-refractivity contribution in [2.75, 3.05) is 32.1 Å². The van der Waals surface area contributed by atoms with Gasteiger partial charge in [0.15, 0.2) is 0 Å². The lowest BCUT2D eigenvalue weighted by Gasteiger charge is -2.17. The predicted octanol–water partition coefficient (Wildman–Crippen LogP) is 2.11. The van der Waals surface area contributed by atoms with Crippen molar-refractivity contribution in [2.24, 2.45) is 5.73 Å². The maximum Gasteiger partial charge on any atom is 0.413 e. The molecule has 0 unspecified atom stereocenters. The van der Waals surface area contributed by atoms with E-state index in [9.17, 15) is 14.9 Å². The first-order valence-corrected chi connectivity index (χ1v) is 7.74. The van der Waals surface area contributed by atoms with E-state index >= 15 is 0 Å². The molecule has 9 heteroatoms. The topological polar surface area (TPSA) is 118 Å². The van der Waals surface area contributed by atoms with E-state index in [4.69, 9.17) is 26.8 Å². The molecule has 0 bridgehead atoms. The highest BCUT2D eigenvalue weighted by molar-refractivity contribution is 6.31. The van der Waals surface area contributed by atoms with Crippen LogP contribution in [-0.4, -0.2) is 43.7 Å². The normalized spacial score (nSPS) is 10.6. The Morgan fingerprint density at radius 2 is 2.20 bits per heavy atom. The third kappa shape index (κ3) is 5.99. The Balaban J connectivity index is 3.05. The predicted molar refractivity (Wildman–Crippen MR) is 93.1 cm³/mol. The van der Waals surface area contributed by atoms with E-state index in [2.05, 4.69) is 5.32 Å².